The molecule has 1 N–H and O–H groups in total. The van der Waals surface area contributed by atoms with Gasteiger partial charge in [0.25, 0.3) is 0 Å². The Morgan fingerprint density at radius 2 is 1.71 bits per heavy atom. The third-order valence-corrected chi connectivity index (χ3v) is 4.79. The molecule has 1 saturated carbocycles. The number of hydrogen-bond acceptors (Lipinski definition) is 3. The Morgan fingerprint density at radius 1 is 1.10 bits per heavy atom. The van der Waals surface area contributed by atoms with Gasteiger partial charge in [0.1, 0.15) is 5.54 Å². The molecule has 0 radical (unpaired) electrons. The van der Waals surface area contributed by atoms with Crippen LogP contribution in [0.5, 0.6) is 0 Å². The predicted octanol–water partition coefficient (Wildman–Crippen LogP) is 4.59. The molecule has 1 fully saturated rings. The van der Waals surface area contributed by atoms with Crippen LogP contribution in [-0.2, 0) is 9.53 Å². The molecule has 124 valence electrons. The normalized spacial score (nSPS) is 19.8. The maximum Gasteiger partial charge on any atom is 0.325 e. The van der Waals surface area contributed by atoms with Crippen molar-refractivity contribution in [3.8, 4) is 0 Å². The molecule has 0 aromatic rings. The second kappa shape index (κ2) is 10.2. The van der Waals surface area contributed by atoms with Crippen LogP contribution >= 0.6 is 0 Å². The highest BCUT2D eigenvalue weighted by molar-refractivity contribution is 5.80. The number of unbranched alkanes of at least 4 members (excludes halogenated alkanes) is 4. The first-order valence-electron chi connectivity index (χ1n) is 8.98. The Kier molecular flexibility index (Phi) is 8.98. The number of hydrogen-bond donors (Lipinski definition) is 1. The highest BCUT2D eigenvalue weighted by atomic mass is 16.5. The Balaban J connectivity index is 2.49. The van der Waals surface area contributed by atoms with E-state index in [-0.39, 0.29) is 5.97 Å². The van der Waals surface area contributed by atoms with Crippen LogP contribution in [0.3, 0.4) is 0 Å². The summed E-state index contributed by atoms with van der Waals surface area (Å²) in [5, 5.41) is 3.64. The lowest BCUT2D eigenvalue weighted by molar-refractivity contribution is -0.148. The molecule has 0 aromatic carbocycles. The molecule has 1 aliphatic carbocycles. The third-order valence-electron chi connectivity index (χ3n) is 4.79. The van der Waals surface area contributed by atoms with Gasteiger partial charge in [0.05, 0.1) is 7.11 Å². The first-order chi connectivity index (χ1) is 10.1. The van der Waals surface area contributed by atoms with E-state index in [1.165, 1.54) is 71.3 Å². The van der Waals surface area contributed by atoms with Crippen LogP contribution in [-0.4, -0.2) is 24.7 Å². The van der Waals surface area contributed by atoms with Crippen molar-refractivity contribution in [2.75, 3.05) is 7.11 Å². The number of nitrogens with one attached hydrogen (secondary N) is 1. The van der Waals surface area contributed by atoms with E-state index < -0.39 is 5.54 Å². The summed E-state index contributed by atoms with van der Waals surface area (Å²) in [5.74, 6) is -0.0951. The molecule has 0 bridgehead atoms. The van der Waals surface area contributed by atoms with E-state index in [1.807, 2.05) is 6.92 Å². The van der Waals surface area contributed by atoms with Gasteiger partial charge in [-0.05, 0) is 26.2 Å². The highest BCUT2D eigenvalue weighted by Gasteiger charge is 2.35. The maximum atomic E-state index is 12.2. The predicted molar refractivity (Wildman–Crippen MR) is 88.4 cm³/mol. The Morgan fingerprint density at radius 3 is 2.29 bits per heavy atom. The number of ether oxygens (including phenoxy) is 1. The van der Waals surface area contributed by atoms with Crippen molar-refractivity contribution >= 4 is 5.97 Å². The zero-order valence-electron chi connectivity index (χ0n) is 14.4. The third kappa shape index (κ3) is 6.82. The van der Waals surface area contributed by atoms with Crippen molar-refractivity contribution in [3.63, 3.8) is 0 Å². The Hall–Kier alpha value is -0.570. The number of esters is 1. The monoisotopic (exact) mass is 297 g/mol. The van der Waals surface area contributed by atoms with Crippen LogP contribution < -0.4 is 5.32 Å². The van der Waals surface area contributed by atoms with E-state index in [0.717, 1.165) is 12.8 Å². The van der Waals surface area contributed by atoms with Gasteiger partial charge in [-0.1, -0.05) is 64.7 Å². The summed E-state index contributed by atoms with van der Waals surface area (Å²) in [7, 11) is 1.51. The average Bonchev–Trinajstić information content (AvgIpc) is 2.74. The van der Waals surface area contributed by atoms with Gasteiger partial charge in [-0.3, -0.25) is 10.1 Å². The van der Waals surface area contributed by atoms with Crippen LogP contribution in [0.2, 0.25) is 0 Å². The molecular formula is C18H35NO2. The molecule has 0 aromatic heterocycles. The minimum Gasteiger partial charge on any atom is -0.468 e. The van der Waals surface area contributed by atoms with Crippen molar-refractivity contribution in [3.05, 3.63) is 0 Å². The first kappa shape index (κ1) is 18.5. The molecule has 1 rings (SSSR count). The minimum atomic E-state index is -0.504. The quantitative estimate of drug-likeness (QED) is 0.384. The van der Waals surface area contributed by atoms with Crippen molar-refractivity contribution in [2.24, 2.45) is 0 Å². The van der Waals surface area contributed by atoms with E-state index in [9.17, 15) is 4.79 Å². The van der Waals surface area contributed by atoms with Gasteiger partial charge in [0.15, 0.2) is 0 Å². The molecule has 0 heterocycles. The van der Waals surface area contributed by atoms with Crippen LogP contribution in [0.15, 0.2) is 0 Å². The van der Waals surface area contributed by atoms with Crippen LogP contribution in [0.4, 0.5) is 0 Å². The molecule has 3 nitrogen and oxygen atoms in total. The van der Waals surface area contributed by atoms with Crippen molar-refractivity contribution in [1.29, 1.82) is 0 Å². The summed E-state index contributed by atoms with van der Waals surface area (Å²) in [6, 6.07) is 0.479. The minimum absolute atomic E-state index is 0.0951. The van der Waals surface area contributed by atoms with E-state index in [0.29, 0.717) is 6.04 Å². The van der Waals surface area contributed by atoms with Crippen LogP contribution in [0.25, 0.3) is 0 Å². The zero-order valence-corrected chi connectivity index (χ0v) is 14.4. The molecule has 0 spiro atoms. The molecule has 1 aliphatic rings. The van der Waals surface area contributed by atoms with E-state index >= 15 is 0 Å². The second-order valence-corrected chi connectivity index (χ2v) is 6.82. The molecule has 0 amide bonds. The maximum absolute atomic E-state index is 12.2. The molecule has 0 saturated heterocycles. The molecular weight excluding hydrogens is 262 g/mol. The summed E-state index contributed by atoms with van der Waals surface area (Å²) in [4.78, 5) is 12.2. The largest absolute Gasteiger partial charge is 0.468 e. The topological polar surface area (TPSA) is 38.3 Å². The summed E-state index contributed by atoms with van der Waals surface area (Å²) in [6.45, 7) is 4.26. The number of methoxy groups -OCH3 is 1. The van der Waals surface area contributed by atoms with Gasteiger partial charge >= 0.3 is 5.97 Å². The van der Waals surface area contributed by atoms with Crippen molar-refractivity contribution in [2.45, 2.75) is 102 Å². The summed E-state index contributed by atoms with van der Waals surface area (Å²) in [5.41, 5.74) is -0.504. The molecule has 0 aliphatic heterocycles. The molecule has 21 heavy (non-hydrogen) atoms. The Bertz CT molecular complexity index is 285. The van der Waals surface area contributed by atoms with Gasteiger partial charge in [0.2, 0.25) is 0 Å². The zero-order chi connectivity index (χ0) is 15.6. The fourth-order valence-corrected chi connectivity index (χ4v) is 3.41. The lowest BCUT2D eigenvalue weighted by atomic mass is 9.91. The van der Waals surface area contributed by atoms with E-state index in [2.05, 4.69) is 12.2 Å². The average molecular weight is 297 g/mol. The van der Waals surface area contributed by atoms with Gasteiger partial charge in [-0.2, -0.15) is 0 Å². The highest BCUT2D eigenvalue weighted by Crippen LogP contribution is 2.23. The molecule has 1 atom stereocenters. The van der Waals surface area contributed by atoms with E-state index in [4.69, 9.17) is 4.74 Å². The van der Waals surface area contributed by atoms with Crippen molar-refractivity contribution in [1.82, 2.24) is 5.32 Å². The standard InChI is InChI=1S/C18H35NO2/c1-4-5-6-9-12-15-18(2,17(20)21-3)19-16-13-10-7-8-11-14-16/h16,19H,4-15H2,1-3H3. The second-order valence-electron chi connectivity index (χ2n) is 6.82. The van der Waals surface area contributed by atoms with Crippen LogP contribution in [0.1, 0.15) is 90.9 Å². The van der Waals surface area contributed by atoms with Crippen LogP contribution in [0, 0.1) is 0 Å². The van der Waals surface area contributed by atoms with Gasteiger partial charge in [0, 0.05) is 6.04 Å². The molecule has 1 unspecified atom stereocenters. The van der Waals surface area contributed by atoms with Gasteiger partial charge in [-0.25, -0.2) is 0 Å². The summed E-state index contributed by atoms with van der Waals surface area (Å²) in [6.07, 6.45) is 14.7. The smallest absolute Gasteiger partial charge is 0.325 e. The van der Waals surface area contributed by atoms with E-state index in [1.54, 1.807) is 0 Å². The lowest BCUT2D eigenvalue weighted by Crippen LogP contribution is -2.54. The number of rotatable bonds is 9. The fourth-order valence-electron chi connectivity index (χ4n) is 3.41. The first-order valence-corrected chi connectivity index (χ1v) is 8.98. The fraction of sp³-hybridized carbons (Fsp3) is 0.944. The van der Waals surface area contributed by atoms with Gasteiger partial charge in [-0.15, -0.1) is 0 Å². The number of carbonyl (C=O) groups is 1. The van der Waals surface area contributed by atoms with Gasteiger partial charge < -0.3 is 4.74 Å². The summed E-state index contributed by atoms with van der Waals surface area (Å²) < 4.78 is 5.06. The summed E-state index contributed by atoms with van der Waals surface area (Å²) >= 11 is 0. The SMILES string of the molecule is CCCCCCCC(C)(NC1CCCCCC1)C(=O)OC. The molecule has 3 heteroatoms. The number of carbonyl (C=O) groups excluding carboxylic acids is 1. The van der Waals surface area contributed by atoms with Crippen molar-refractivity contribution < 1.29 is 9.53 Å². The Labute approximate surface area is 131 Å². The lowest BCUT2D eigenvalue weighted by Gasteiger charge is -2.32.